The normalized spacial score (nSPS) is 15.4. The van der Waals surface area contributed by atoms with E-state index >= 15 is 0 Å². The van der Waals surface area contributed by atoms with Crippen molar-refractivity contribution in [2.75, 3.05) is 18.0 Å². The van der Waals surface area contributed by atoms with Crippen LogP contribution in [0.15, 0.2) is 67.3 Å². The van der Waals surface area contributed by atoms with Crippen LogP contribution in [0.25, 0.3) is 0 Å². The third-order valence-corrected chi connectivity index (χ3v) is 5.09. The van der Waals surface area contributed by atoms with Crippen molar-refractivity contribution in [1.29, 1.82) is 0 Å². The van der Waals surface area contributed by atoms with E-state index < -0.39 is 5.97 Å². The van der Waals surface area contributed by atoms with Gasteiger partial charge in [0, 0.05) is 37.1 Å². The summed E-state index contributed by atoms with van der Waals surface area (Å²) in [6, 6.07) is 16.0. The van der Waals surface area contributed by atoms with Crippen molar-refractivity contribution in [3.05, 3.63) is 78.4 Å². The Labute approximate surface area is 164 Å². The Bertz CT molecular complexity index is 925. The minimum absolute atomic E-state index is 0.0127. The number of carbonyl (C=O) groups is 1. The summed E-state index contributed by atoms with van der Waals surface area (Å²) >= 11 is 0. The number of carboxylic acids is 1. The first-order chi connectivity index (χ1) is 13.7. The molecule has 1 unspecified atom stereocenters. The van der Waals surface area contributed by atoms with E-state index in [0.29, 0.717) is 13.2 Å². The maximum Gasteiger partial charge on any atom is 0.323 e. The second kappa shape index (κ2) is 8.17. The zero-order valence-corrected chi connectivity index (χ0v) is 15.6. The van der Waals surface area contributed by atoms with Crippen molar-refractivity contribution in [2.24, 2.45) is 0 Å². The number of anilines is 1. The summed E-state index contributed by atoms with van der Waals surface area (Å²) in [7, 11) is 0. The Kier molecular flexibility index (Phi) is 5.28. The monoisotopic (exact) mass is 377 g/mol. The fourth-order valence-electron chi connectivity index (χ4n) is 3.72. The molecule has 28 heavy (non-hydrogen) atoms. The van der Waals surface area contributed by atoms with Crippen LogP contribution in [-0.4, -0.2) is 33.7 Å². The first-order valence-electron chi connectivity index (χ1n) is 9.42. The number of rotatable bonds is 8. The van der Waals surface area contributed by atoms with Crippen LogP contribution >= 0.6 is 0 Å². The second-order valence-corrected chi connectivity index (χ2v) is 7.06. The molecule has 6 nitrogen and oxygen atoms in total. The highest BCUT2D eigenvalue weighted by molar-refractivity contribution is 5.76. The van der Waals surface area contributed by atoms with Gasteiger partial charge in [0.25, 0.3) is 0 Å². The van der Waals surface area contributed by atoms with E-state index in [4.69, 9.17) is 4.74 Å². The molecule has 144 valence electrons. The molecule has 3 aromatic rings. The number of nitrogens with zero attached hydrogens (tertiary/aromatic N) is 3. The molecule has 1 atom stereocenters. The molecule has 0 fully saturated rings. The van der Waals surface area contributed by atoms with Crippen molar-refractivity contribution in [2.45, 2.75) is 25.5 Å². The highest BCUT2D eigenvalue weighted by Gasteiger charge is 2.30. The van der Waals surface area contributed by atoms with Gasteiger partial charge in [-0.1, -0.05) is 30.3 Å². The number of benzene rings is 2. The third kappa shape index (κ3) is 4.17. The van der Waals surface area contributed by atoms with Crippen molar-refractivity contribution in [1.82, 2.24) is 9.55 Å². The molecule has 0 radical (unpaired) electrons. The lowest BCUT2D eigenvalue weighted by atomic mass is 9.97. The largest absolute Gasteiger partial charge is 0.489 e. The van der Waals surface area contributed by atoms with E-state index in [0.717, 1.165) is 35.5 Å². The first kappa shape index (κ1) is 18.1. The summed E-state index contributed by atoms with van der Waals surface area (Å²) in [5.41, 5.74) is 3.27. The van der Waals surface area contributed by atoms with Crippen LogP contribution in [-0.2, 0) is 17.9 Å². The molecule has 0 aliphatic carbocycles. The van der Waals surface area contributed by atoms with E-state index in [1.807, 2.05) is 59.9 Å². The fraction of sp³-hybridized carbons (Fsp3) is 0.273. The molecule has 4 rings (SSSR count). The molecule has 0 saturated heterocycles. The third-order valence-electron chi connectivity index (χ3n) is 5.09. The Hall–Kier alpha value is -3.28. The molecule has 0 bridgehead atoms. The number of fused-ring (bicyclic) bond motifs is 1. The SMILES string of the molecule is O=C(O)CN1CC(CCn2ccnc2)c2cc(OCc3ccccc3)ccc21. The lowest BCUT2D eigenvalue weighted by molar-refractivity contribution is -0.135. The highest BCUT2D eigenvalue weighted by Crippen LogP contribution is 2.40. The number of ether oxygens (including phenoxy) is 1. The van der Waals surface area contributed by atoms with E-state index in [1.165, 1.54) is 0 Å². The predicted molar refractivity (Wildman–Crippen MR) is 107 cm³/mol. The van der Waals surface area contributed by atoms with Gasteiger partial charge in [-0.15, -0.1) is 0 Å². The van der Waals surface area contributed by atoms with Crippen LogP contribution in [0.5, 0.6) is 5.75 Å². The molecule has 1 aromatic heterocycles. The average Bonchev–Trinajstić information content (AvgIpc) is 3.33. The van der Waals surface area contributed by atoms with E-state index in [-0.39, 0.29) is 12.5 Å². The molecule has 2 heterocycles. The van der Waals surface area contributed by atoms with Gasteiger partial charge in [-0.05, 0) is 35.7 Å². The van der Waals surface area contributed by atoms with Crippen molar-refractivity contribution in [3.8, 4) is 5.75 Å². The Morgan fingerprint density at radius 3 is 2.82 bits per heavy atom. The number of aryl methyl sites for hydroxylation is 1. The minimum atomic E-state index is -0.814. The number of imidazole rings is 1. The van der Waals surface area contributed by atoms with Crippen LogP contribution in [0.1, 0.15) is 23.5 Å². The van der Waals surface area contributed by atoms with Crippen molar-refractivity contribution >= 4 is 11.7 Å². The standard InChI is InChI=1S/C22H23N3O3/c26-22(27)14-25-13-18(8-10-24-11-9-23-16-24)20-12-19(6-7-21(20)25)28-15-17-4-2-1-3-5-17/h1-7,9,11-12,16,18H,8,10,13-15H2,(H,26,27). The molecule has 1 aliphatic heterocycles. The molecule has 2 aromatic carbocycles. The molecule has 1 aliphatic rings. The lowest BCUT2D eigenvalue weighted by Gasteiger charge is -2.17. The van der Waals surface area contributed by atoms with Gasteiger partial charge in [-0.3, -0.25) is 4.79 Å². The molecule has 0 amide bonds. The maximum absolute atomic E-state index is 11.3. The molecular formula is C22H23N3O3. The van der Waals surface area contributed by atoms with E-state index in [1.54, 1.807) is 6.20 Å². The van der Waals surface area contributed by atoms with Gasteiger partial charge in [0.05, 0.1) is 6.33 Å². The topological polar surface area (TPSA) is 67.6 Å². The summed E-state index contributed by atoms with van der Waals surface area (Å²) < 4.78 is 8.03. The maximum atomic E-state index is 11.3. The zero-order valence-electron chi connectivity index (χ0n) is 15.6. The van der Waals surface area contributed by atoms with E-state index in [2.05, 4.69) is 15.6 Å². The van der Waals surface area contributed by atoms with Crippen LogP contribution in [0.4, 0.5) is 5.69 Å². The van der Waals surface area contributed by atoms with Crippen LogP contribution in [0.3, 0.4) is 0 Å². The van der Waals surface area contributed by atoms with Gasteiger partial charge in [0.2, 0.25) is 0 Å². The van der Waals surface area contributed by atoms with Gasteiger partial charge in [-0.2, -0.15) is 0 Å². The summed E-state index contributed by atoms with van der Waals surface area (Å²) in [5.74, 6) is 0.259. The van der Waals surface area contributed by atoms with Gasteiger partial charge in [-0.25, -0.2) is 4.98 Å². The molecular weight excluding hydrogens is 354 g/mol. The average molecular weight is 377 g/mol. The Morgan fingerprint density at radius 1 is 1.21 bits per heavy atom. The summed E-state index contributed by atoms with van der Waals surface area (Å²) in [6.07, 6.45) is 6.45. The number of hydrogen-bond donors (Lipinski definition) is 1. The predicted octanol–water partition coefficient (Wildman–Crippen LogP) is 3.54. The Balaban J connectivity index is 1.51. The fourth-order valence-corrected chi connectivity index (χ4v) is 3.72. The van der Waals surface area contributed by atoms with E-state index in [9.17, 15) is 9.90 Å². The van der Waals surface area contributed by atoms with Gasteiger partial charge in [0.15, 0.2) is 0 Å². The van der Waals surface area contributed by atoms with Gasteiger partial charge in [0.1, 0.15) is 18.9 Å². The van der Waals surface area contributed by atoms with Gasteiger partial charge < -0.3 is 19.3 Å². The lowest BCUT2D eigenvalue weighted by Crippen LogP contribution is -2.28. The van der Waals surface area contributed by atoms with Crippen molar-refractivity contribution in [3.63, 3.8) is 0 Å². The molecule has 0 spiro atoms. The number of carboxylic acid groups (broad SMARTS) is 1. The minimum Gasteiger partial charge on any atom is -0.489 e. The summed E-state index contributed by atoms with van der Waals surface area (Å²) in [5, 5.41) is 9.25. The zero-order chi connectivity index (χ0) is 19.3. The smallest absolute Gasteiger partial charge is 0.323 e. The van der Waals surface area contributed by atoms with Gasteiger partial charge >= 0.3 is 5.97 Å². The number of aliphatic carboxylic acids is 1. The number of aromatic nitrogens is 2. The Morgan fingerprint density at radius 2 is 2.07 bits per heavy atom. The summed E-state index contributed by atoms with van der Waals surface area (Å²) in [4.78, 5) is 17.3. The molecule has 6 heteroatoms. The highest BCUT2D eigenvalue weighted by atomic mass is 16.5. The van der Waals surface area contributed by atoms with Crippen LogP contribution in [0, 0.1) is 0 Å². The molecule has 0 saturated carbocycles. The van der Waals surface area contributed by atoms with Crippen LogP contribution in [0.2, 0.25) is 0 Å². The molecule has 1 N–H and O–H groups in total. The van der Waals surface area contributed by atoms with Crippen molar-refractivity contribution < 1.29 is 14.6 Å². The van der Waals surface area contributed by atoms with Crippen LogP contribution < -0.4 is 9.64 Å². The summed E-state index contributed by atoms with van der Waals surface area (Å²) in [6.45, 7) is 2.08. The number of hydrogen-bond acceptors (Lipinski definition) is 4. The first-order valence-corrected chi connectivity index (χ1v) is 9.42. The second-order valence-electron chi connectivity index (χ2n) is 7.06. The quantitative estimate of drug-likeness (QED) is 0.650.